The highest BCUT2D eigenvalue weighted by Gasteiger charge is 2.20. The van der Waals surface area contributed by atoms with E-state index in [-0.39, 0.29) is 16.3 Å². The predicted molar refractivity (Wildman–Crippen MR) is 127 cm³/mol. The van der Waals surface area contributed by atoms with Crippen molar-refractivity contribution in [2.24, 2.45) is 10.2 Å². The van der Waals surface area contributed by atoms with Crippen molar-refractivity contribution in [3.8, 4) is 17.3 Å². The molecule has 0 spiro atoms. The molecule has 0 radical (unpaired) electrons. The Balaban J connectivity index is 2.02. The Morgan fingerprint density at radius 2 is 1.52 bits per heavy atom. The van der Waals surface area contributed by atoms with Crippen LogP contribution >= 0.6 is 28.1 Å². The van der Waals surface area contributed by atoms with Crippen LogP contribution in [0.15, 0.2) is 98.4 Å². The zero-order valence-electron chi connectivity index (χ0n) is 16.4. The minimum atomic E-state index is -0.556. The lowest BCUT2D eigenvalue weighted by molar-refractivity contribution is 0.432. The lowest BCUT2D eigenvalue weighted by atomic mass is 10.2. The molecule has 0 aliphatic carbocycles. The second kappa shape index (κ2) is 8.79. The van der Waals surface area contributed by atoms with E-state index in [2.05, 4.69) is 26.2 Å². The lowest BCUT2D eigenvalue weighted by Crippen LogP contribution is -2.23. The first-order valence-electron chi connectivity index (χ1n) is 9.37. The Bertz CT molecular complexity index is 1390. The normalized spacial score (nSPS) is 11.2. The summed E-state index contributed by atoms with van der Waals surface area (Å²) < 4.78 is 3.81. The molecule has 0 saturated carbocycles. The Morgan fingerprint density at radius 1 is 0.871 bits per heavy atom. The maximum Gasteiger partial charge on any atom is 0.290 e. The molecule has 0 fully saturated rings. The third-order valence-electron chi connectivity index (χ3n) is 4.67. The van der Waals surface area contributed by atoms with Crippen LogP contribution in [0.2, 0.25) is 0 Å². The third kappa shape index (κ3) is 4.12. The fourth-order valence-corrected chi connectivity index (χ4v) is 3.76. The average Bonchev–Trinajstić information content (AvgIpc) is 2.77. The van der Waals surface area contributed by atoms with E-state index >= 15 is 0 Å². The zero-order chi connectivity index (χ0) is 22.0. The van der Waals surface area contributed by atoms with Gasteiger partial charge in [0.1, 0.15) is 0 Å². The summed E-state index contributed by atoms with van der Waals surface area (Å²) in [7, 11) is 0. The van der Waals surface area contributed by atoms with Gasteiger partial charge in [0.2, 0.25) is 11.6 Å². The third-order valence-corrected chi connectivity index (χ3v) is 5.57. The molecule has 154 valence electrons. The number of halogens is 1. The first kappa shape index (κ1) is 20.9. The summed E-state index contributed by atoms with van der Waals surface area (Å²) in [6, 6.07) is 23.6. The topological polar surface area (TPSA) is 71.9 Å². The number of nitrogens with zero attached hydrogens (tertiary/aromatic N) is 4. The number of hydrogen-bond donors (Lipinski definition) is 1. The van der Waals surface area contributed by atoms with Crippen LogP contribution in [0, 0.1) is 11.7 Å². The summed E-state index contributed by atoms with van der Waals surface area (Å²) in [5, 5.41) is 19.3. The molecule has 1 N–H and O–H groups in total. The molecule has 0 unspecified atom stereocenters. The molecule has 8 heteroatoms. The van der Waals surface area contributed by atoms with Gasteiger partial charge in [-0.1, -0.05) is 52.3 Å². The monoisotopic (exact) mass is 492 g/mol. The van der Waals surface area contributed by atoms with Crippen LogP contribution in [0.25, 0.3) is 11.4 Å². The smallest absolute Gasteiger partial charge is 0.290 e. The van der Waals surface area contributed by atoms with E-state index in [9.17, 15) is 9.90 Å². The van der Waals surface area contributed by atoms with Crippen molar-refractivity contribution in [1.82, 2.24) is 9.13 Å². The fourth-order valence-electron chi connectivity index (χ4n) is 3.12. The van der Waals surface area contributed by atoms with Gasteiger partial charge < -0.3 is 5.11 Å². The van der Waals surface area contributed by atoms with Crippen molar-refractivity contribution in [2.75, 3.05) is 0 Å². The van der Waals surface area contributed by atoms with E-state index in [0.29, 0.717) is 17.1 Å². The Hall–Kier alpha value is -3.36. The number of aromatic hydroxyl groups is 1. The number of para-hydroxylation sites is 2. The van der Waals surface area contributed by atoms with Gasteiger partial charge in [-0.3, -0.25) is 13.9 Å². The number of benzene rings is 3. The van der Waals surface area contributed by atoms with Crippen molar-refractivity contribution < 1.29 is 5.11 Å². The van der Waals surface area contributed by atoms with Crippen LogP contribution in [0.3, 0.4) is 0 Å². The first-order chi connectivity index (χ1) is 15.0. The molecule has 0 aliphatic heterocycles. The highest BCUT2D eigenvalue weighted by molar-refractivity contribution is 9.10. The van der Waals surface area contributed by atoms with Crippen LogP contribution in [0.5, 0.6) is 5.88 Å². The number of azo groups is 1. The van der Waals surface area contributed by atoms with Gasteiger partial charge in [-0.25, -0.2) is 0 Å². The summed E-state index contributed by atoms with van der Waals surface area (Å²) in [4.78, 5) is 13.3. The van der Waals surface area contributed by atoms with E-state index in [4.69, 9.17) is 12.2 Å². The van der Waals surface area contributed by atoms with Gasteiger partial charge in [0.15, 0.2) is 4.77 Å². The Labute approximate surface area is 191 Å². The first-order valence-corrected chi connectivity index (χ1v) is 10.6. The quantitative estimate of drug-likeness (QED) is 0.259. The molecule has 4 aromatic rings. The highest BCUT2D eigenvalue weighted by Crippen LogP contribution is 2.30. The maximum atomic E-state index is 13.3. The van der Waals surface area contributed by atoms with Crippen molar-refractivity contribution in [2.45, 2.75) is 6.92 Å². The lowest BCUT2D eigenvalue weighted by Gasteiger charge is -2.17. The van der Waals surface area contributed by atoms with Gasteiger partial charge in [0.25, 0.3) is 5.56 Å². The molecule has 0 amide bonds. The van der Waals surface area contributed by atoms with E-state index in [1.165, 1.54) is 9.13 Å². The van der Waals surface area contributed by atoms with E-state index in [0.717, 1.165) is 10.0 Å². The van der Waals surface area contributed by atoms with Crippen molar-refractivity contribution in [3.05, 3.63) is 104 Å². The van der Waals surface area contributed by atoms with Crippen molar-refractivity contribution in [3.63, 3.8) is 0 Å². The molecule has 0 atom stereocenters. The minimum Gasteiger partial charge on any atom is -0.492 e. The predicted octanol–water partition coefficient (Wildman–Crippen LogP) is 6.55. The summed E-state index contributed by atoms with van der Waals surface area (Å²) in [5.74, 6) is -0.364. The molecule has 0 bridgehead atoms. The average molecular weight is 493 g/mol. The van der Waals surface area contributed by atoms with E-state index in [1.54, 1.807) is 24.3 Å². The number of rotatable bonds is 4. The maximum absolute atomic E-state index is 13.3. The Kier molecular flexibility index (Phi) is 5.92. The SMILES string of the molecule is Cc1ccccc1-n1c(O)c(N=Nc2ccc(Br)cc2)c(=O)n(-c2ccccc2)c1=S. The fraction of sp³-hybridized carbons (Fsp3) is 0.0435. The van der Waals surface area contributed by atoms with E-state index < -0.39 is 5.56 Å². The van der Waals surface area contributed by atoms with Crippen LogP contribution in [-0.2, 0) is 0 Å². The molecule has 3 aromatic carbocycles. The van der Waals surface area contributed by atoms with Crippen molar-refractivity contribution in [1.29, 1.82) is 0 Å². The second-order valence-corrected chi connectivity index (χ2v) is 8.01. The molecule has 31 heavy (non-hydrogen) atoms. The molecule has 1 heterocycles. The van der Waals surface area contributed by atoms with Gasteiger partial charge in [0.05, 0.1) is 17.1 Å². The Morgan fingerprint density at radius 3 is 2.19 bits per heavy atom. The number of hydrogen-bond acceptors (Lipinski definition) is 5. The molecule has 0 saturated heterocycles. The molecule has 0 aliphatic rings. The van der Waals surface area contributed by atoms with Gasteiger partial charge in [-0.2, -0.15) is 5.11 Å². The summed E-state index contributed by atoms with van der Waals surface area (Å²) in [5.41, 5.74) is 1.87. The van der Waals surface area contributed by atoms with E-state index in [1.807, 2.05) is 61.5 Å². The summed E-state index contributed by atoms with van der Waals surface area (Å²) in [6.45, 7) is 1.90. The summed E-state index contributed by atoms with van der Waals surface area (Å²) >= 11 is 9.00. The van der Waals surface area contributed by atoms with Crippen molar-refractivity contribution >= 4 is 39.5 Å². The second-order valence-electron chi connectivity index (χ2n) is 6.73. The number of aromatic nitrogens is 2. The van der Waals surface area contributed by atoms with Gasteiger partial charge in [0, 0.05) is 4.47 Å². The molecule has 4 rings (SSSR count). The molecule has 1 aromatic heterocycles. The van der Waals surface area contributed by atoms with Crippen LogP contribution in [0.1, 0.15) is 5.56 Å². The van der Waals surface area contributed by atoms with Gasteiger partial charge >= 0.3 is 0 Å². The molecular formula is C23H17BrN4O2S. The zero-order valence-corrected chi connectivity index (χ0v) is 18.8. The van der Waals surface area contributed by atoms with Crippen LogP contribution in [-0.4, -0.2) is 14.2 Å². The largest absolute Gasteiger partial charge is 0.492 e. The number of aryl methyl sites for hydroxylation is 1. The summed E-state index contributed by atoms with van der Waals surface area (Å²) in [6.07, 6.45) is 0. The van der Waals surface area contributed by atoms with Gasteiger partial charge in [-0.05, 0) is 67.2 Å². The molecule has 6 nitrogen and oxygen atoms in total. The minimum absolute atomic E-state index is 0.130. The highest BCUT2D eigenvalue weighted by atomic mass is 79.9. The van der Waals surface area contributed by atoms with Crippen LogP contribution in [0.4, 0.5) is 11.4 Å². The van der Waals surface area contributed by atoms with Gasteiger partial charge in [-0.15, -0.1) is 5.11 Å². The molecular weight excluding hydrogens is 476 g/mol. The standard InChI is InChI=1S/C23H17BrN4O2S/c1-15-7-5-6-10-19(15)28-22(30)20(26-25-17-13-11-16(24)12-14-17)21(29)27(23(28)31)18-8-3-2-4-9-18/h2-14,30H,1H3. The van der Waals surface area contributed by atoms with Crippen LogP contribution < -0.4 is 5.56 Å².